The third-order valence-corrected chi connectivity index (χ3v) is 10.3. The van der Waals surface area contributed by atoms with Crippen molar-refractivity contribution in [2.24, 2.45) is 5.92 Å². The Hall–Kier alpha value is -3.59. The summed E-state index contributed by atoms with van der Waals surface area (Å²) in [4.78, 5) is 30.1. The molecule has 2 fully saturated rings. The van der Waals surface area contributed by atoms with Gasteiger partial charge in [0.2, 0.25) is 11.8 Å². The molecular weight excluding hydrogens is 604 g/mol. The van der Waals surface area contributed by atoms with Gasteiger partial charge in [0.25, 0.3) is 0 Å². The van der Waals surface area contributed by atoms with Crippen LogP contribution < -0.4 is 14.4 Å². The van der Waals surface area contributed by atoms with Crippen LogP contribution in [0.4, 0.5) is 5.69 Å². The lowest BCUT2D eigenvalue weighted by molar-refractivity contribution is -0.150. The first-order valence-corrected chi connectivity index (χ1v) is 16.6. The van der Waals surface area contributed by atoms with E-state index in [1.165, 1.54) is 0 Å². The summed E-state index contributed by atoms with van der Waals surface area (Å²) in [6, 6.07) is 18.7. The molecule has 0 aliphatic carbocycles. The number of fused-ring (bicyclic) bond motifs is 3. The topological polar surface area (TPSA) is 99.5 Å². The highest BCUT2D eigenvalue weighted by atomic mass is 35.5. The molecule has 3 aliphatic heterocycles. The highest BCUT2D eigenvalue weighted by Gasteiger charge is 2.46. The van der Waals surface area contributed by atoms with Gasteiger partial charge in [0.05, 0.1) is 31.3 Å². The summed E-state index contributed by atoms with van der Waals surface area (Å²) in [7, 11) is 1.60. The van der Waals surface area contributed by atoms with Crippen molar-refractivity contribution in [2.75, 3.05) is 18.6 Å². The minimum Gasteiger partial charge on any atom is -0.493 e. The van der Waals surface area contributed by atoms with Gasteiger partial charge in [-0.3, -0.25) is 9.59 Å². The minimum absolute atomic E-state index is 0.0252. The molecule has 3 unspecified atom stereocenters. The summed E-state index contributed by atoms with van der Waals surface area (Å²) in [5.74, 6) is 0.885. The smallest absolute Gasteiger partial charge is 0.248 e. The van der Waals surface area contributed by atoms with E-state index in [1.54, 1.807) is 7.11 Å². The number of piperidine rings is 2. The number of aliphatic hydroxyl groups is 2. The van der Waals surface area contributed by atoms with Crippen molar-refractivity contribution in [3.8, 4) is 11.5 Å². The van der Waals surface area contributed by atoms with Gasteiger partial charge < -0.3 is 29.5 Å². The predicted octanol–water partition coefficient (Wildman–Crippen LogP) is 6.17. The fourth-order valence-corrected chi connectivity index (χ4v) is 7.98. The number of methoxy groups -OCH3 is 1. The molecule has 0 saturated carbocycles. The van der Waals surface area contributed by atoms with E-state index in [0.29, 0.717) is 29.4 Å². The Morgan fingerprint density at radius 3 is 2.26 bits per heavy atom. The van der Waals surface area contributed by atoms with Crippen molar-refractivity contribution in [3.63, 3.8) is 0 Å². The van der Waals surface area contributed by atoms with Crippen LogP contribution in [0.3, 0.4) is 0 Å². The van der Waals surface area contributed by atoms with Crippen LogP contribution in [0.15, 0.2) is 60.7 Å². The molecule has 2 saturated heterocycles. The van der Waals surface area contributed by atoms with Crippen LogP contribution in [0.2, 0.25) is 5.02 Å². The van der Waals surface area contributed by atoms with E-state index < -0.39 is 18.2 Å². The number of anilines is 1. The maximum absolute atomic E-state index is 14.0. The number of rotatable bonds is 8. The quantitative estimate of drug-likeness (QED) is 0.304. The Kier molecular flexibility index (Phi) is 9.07. The number of carbonyl (C=O) groups excluding carboxylic acids is 2. The lowest BCUT2D eigenvalue weighted by Crippen LogP contribution is -2.57. The van der Waals surface area contributed by atoms with Crippen LogP contribution in [0.25, 0.3) is 0 Å². The molecule has 0 spiro atoms. The molecule has 6 rings (SSSR count). The molecule has 4 atom stereocenters. The van der Waals surface area contributed by atoms with E-state index in [1.807, 2.05) is 91.2 Å². The number of halogens is 1. The minimum atomic E-state index is -1.13. The van der Waals surface area contributed by atoms with Crippen molar-refractivity contribution in [3.05, 3.63) is 87.9 Å². The van der Waals surface area contributed by atoms with Crippen molar-refractivity contribution in [1.29, 1.82) is 0 Å². The molecule has 0 aromatic heterocycles. The van der Waals surface area contributed by atoms with Crippen LogP contribution in [0.1, 0.15) is 81.2 Å². The summed E-state index contributed by atoms with van der Waals surface area (Å²) in [6.07, 6.45) is 4.31. The normalized spacial score (nSPS) is 24.0. The molecule has 46 heavy (non-hydrogen) atoms. The molecule has 3 aromatic carbocycles. The zero-order valence-corrected chi connectivity index (χ0v) is 27.7. The fraction of sp³-hybridized carbons (Fsp3) is 0.459. The Morgan fingerprint density at radius 2 is 1.67 bits per heavy atom. The van der Waals surface area contributed by atoms with E-state index >= 15 is 0 Å². The van der Waals surface area contributed by atoms with E-state index in [2.05, 4.69) is 0 Å². The van der Waals surface area contributed by atoms with Crippen LogP contribution in [0.5, 0.6) is 11.5 Å². The van der Waals surface area contributed by atoms with Gasteiger partial charge in [0, 0.05) is 22.8 Å². The molecular formula is C37H43ClN2O6. The van der Waals surface area contributed by atoms with Gasteiger partial charge in [-0.2, -0.15) is 0 Å². The average molecular weight is 647 g/mol. The third kappa shape index (κ3) is 5.98. The lowest BCUT2D eigenvalue weighted by atomic mass is 9.69. The molecule has 0 radical (unpaired) electrons. The molecule has 8 nitrogen and oxygen atoms in total. The Labute approximate surface area is 275 Å². The number of carbonyl (C=O) groups is 2. The van der Waals surface area contributed by atoms with Crippen molar-refractivity contribution in [1.82, 2.24) is 4.90 Å². The number of hydrogen-bond donors (Lipinski definition) is 2. The second-order valence-corrected chi connectivity index (χ2v) is 13.8. The van der Waals surface area contributed by atoms with Gasteiger partial charge >= 0.3 is 0 Å². The molecule has 3 aliphatic rings. The number of benzene rings is 3. The Bertz CT molecular complexity index is 1570. The zero-order chi connectivity index (χ0) is 32.7. The summed E-state index contributed by atoms with van der Waals surface area (Å²) >= 11 is 6.27. The largest absolute Gasteiger partial charge is 0.493 e. The molecule has 2 amide bonds. The molecule has 3 aromatic rings. The van der Waals surface area contributed by atoms with Gasteiger partial charge in [0.1, 0.15) is 6.61 Å². The van der Waals surface area contributed by atoms with E-state index in [-0.39, 0.29) is 42.3 Å². The fourth-order valence-electron chi connectivity index (χ4n) is 7.85. The van der Waals surface area contributed by atoms with Crippen molar-refractivity contribution >= 4 is 29.1 Å². The van der Waals surface area contributed by atoms with Crippen LogP contribution in [-0.2, 0) is 21.6 Å². The Balaban J connectivity index is 1.34. The first-order valence-electron chi connectivity index (χ1n) is 16.2. The number of amides is 2. The second-order valence-electron chi connectivity index (χ2n) is 13.3. The summed E-state index contributed by atoms with van der Waals surface area (Å²) in [6.45, 7) is 5.30. The predicted molar refractivity (Wildman–Crippen MR) is 177 cm³/mol. The van der Waals surface area contributed by atoms with Crippen LogP contribution in [-0.4, -0.2) is 58.8 Å². The molecule has 3 heterocycles. The van der Waals surface area contributed by atoms with E-state index in [9.17, 15) is 19.8 Å². The Morgan fingerprint density at radius 1 is 1.02 bits per heavy atom. The molecule has 2 bridgehead atoms. The highest BCUT2D eigenvalue weighted by molar-refractivity contribution is 6.30. The molecule has 244 valence electrons. The van der Waals surface area contributed by atoms with E-state index in [4.69, 9.17) is 21.1 Å². The van der Waals surface area contributed by atoms with Gasteiger partial charge in [-0.05, 0) is 117 Å². The maximum Gasteiger partial charge on any atom is 0.248 e. The second kappa shape index (κ2) is 12.9. The standard InChI is InChI=1S/C37H43ClN2O6/c1-22(2)46-33-20-31-24(16-32(33)45-4)17-34(42)40(36(31)23-8-12-27(38)13-9-23)28-14-10-25(11-15-28)37(3,44)26-18-29-6-5-7-30(19-26)39(29)35(43)21-41/h8-16,20,22,26,29-30,36,41,44H,5-7,17-19,21H2,1-4H3/t26?,29?,30?,36-,37?/m0/s1. The maximum atomic E-state index is 14.0. The summed E-state index contributed by atoms with van der Waals surface area (Å²) in [5, 5.41) is 22.1. The van der Waals surface area contributed by atoms with Gasteiger partial charge in [-0.25, -0.2) is 0 Å². The van der Waals surface area contributed by atoms with Crippen LogP contribution >= 0.6 is 11.6 Å². The lowest BCUT2D eigenvalue weighted by Gasteiger charge is -2.51. The first-order chi connectivity index (χ1) is 22.0. The van der Waals surface area contributed by atoms with Gasteiger partial charge in [0.15, 0.2) is 11.5 Å². The molecule has 2 N–H and O–H groups in total. The average Bonchev–Trinajstić information content (AvgIpc) is 3.03. The zero-order valence-electron chi connectivity index (χ0n) is 26.9. The monoisotopic (exact) mass is 646 g/mol. The van der Waals surface area contributed by atoms with Gasteiger partial charge in [-0.15, -0.1) is 0 Å². The van der Waals surface area contributed by atoms with Crippen molar-refractivity contribution < 1.29 is 29.3 Å². The number of hydrogen-bond acceptors (Lipinski definition) is 6. The highest BCUT2D eigenvalue weighted by Crippen LogP contribution is 2.47. The van der Waals surface area contributed by atoms with E-state index in [0.717, 1.165) is 47.2 Å². The number of nitrogens with zero attached hydrogens (tertiary/aromatic N) is 2. The summed E-state index contributed by atoms with van der Waals surface area (Å²) < 4.78 is 11.8. The SMILES string of the molecule is COc1cc2c(cc1OC(C)C)[C@H](c1ccc(Cl)cc1)N(c1ccc(C(C)(O)C3CC4CCCC(C3)N4C(=O)CO)cc1)C(=O)C2. The number of aliphatic hydroxyl groups excluding tert-OH is 1. The van der Waals surface area contributed by atoms with Crippen LogP contribution in [0, 0.1) is 5.92 Å². The number of ether oxygens (including phenoxy) is 2. The third-order valence-electron chi connectivity index (χ3n) is 10.1. The molecule has 9 heteroatoms. The van der Waals surface area contributed by atoms with Gasteiger partial charge in [-0.1, -0.05) is 35.9 Å². The first kappa shape index (κ1) is 32.4. The van der Waals surface area contributed by atoms with Crippen molar-refractivity contribution in [2.45, 2.75) is 89.1 Å². The summed E-state index contributed by atoms with van der Waals surface area (Å²) in [5.41, 5.74) is 3.10.